The van der Waals surface area contributed by atoms with E-state index in [1.165, 1.54) is 25.7 Å². The molecule has 0 spiro atoms. The van der Waals surface area contributed by atoms with Crippen molar-refractivity contribution in [3.63, 3.8) is 0 Å². The first-order valence-electron chi connectivity index (χ1n) is 6.11. The third kappa shape index (κ3) is 3.29. The number of aromatic nitrogens is 1. The van der Waals surface area contributed by atoms with Crippen molar-refractivity contribution in [1.82, 2.24) is 4.98 Å². The van der Waals surface area contributed by atoms with Gasteiger partial charge in [0.15, 0.2) is 0 Å². The zero-order chi connectivity index (χ0) is 11.2. The largest absolute Gasteiger partial charge is 0.375 e. The van der Waals surface area contributed by atoms with Crippen molar-refractivity contribution in [2.24, 2.45) is 11.7 Å². The van der Waals surface area contributed by atoms with E-state index in [0.29, 0.717) is 13.2 Å². The molecule has 1 aromatic rings. The van der Waals surface area contributed by atoms with E-state index in [2.05, 4.69) is 4.98 Å². The number of nitrogens with two attached hydrogens (primary N) is 1. The molecule has 0 atom stereocenters. The molecule has 1 fully saturated rings. The summed E-state index contributed by atoms with van der Waals surface area (Å²) in [5.74, 6) is 0.920. The molecule has 3 nitrogen and oxygen atoms in total. The van der Waals surface area contributed by atoms with E-state index in [-0.39, 0.29) is 0 Å². The Bertz CT molecular complexity index is 323. The molecule has 2 N–H and O–H groups in total. The van der Waals surface area contributed by atoms with Crippen LogP contribution in [0, 0.1) is 5.92 Å². The fourth-order valence-electron chi connectivity index (χ4n) is 1.93. The molecule has 0 saturated heterocycles. The molecule has 1 aliphatic carbocycles. The highest BCUT2D eigenvalue weighted by Crippen LogP contribution is 2.29. The van der Waals surface area contributed by atoms with Gasteiger partial charge in [-0.2, -0.15) is 0 Å². The summed E-state index contributed by atoms with van der Waals surface area (Å²) in [5.41, 5.74) is 7.45. The third-order valence-corrected chi connectivity index (χ3v) is 3.22. The van der Waals surface area contributed by atoms with Crippen molar-refractivity contribution in [3.8, 4) is 0 Å². The molecule has 0 aromatic carbocycles. The zero-order valence-electron chi connectivity index (χ0n) is 9.69. The molecule has 1 saturated carbocycles. The van der Waals surface area contributed by atoms with Crippen molar-refractivity contribution in [1.29, 1.82) is 0 Å². The van der Waals surface area contributed by atoms with Crippen LogP contribution in [0.5, 0.6) is 0 Å². The molecule has 1 aromatic heterocycles. The average molecular weight is 220 g/mol. The Morgan fingerprint density at radius 1 is 1.31 bits per heavy atom. The second-order valence-electron chi connectivity index (χ2n) is 4.46. The first kappa shape index (κ1) is 11.6. The van der Waals surface area contributed by atoms with Gasteiger partial charge >= 0.3 is 0 Å². The molecular weight excluding hydrogens is 200 g/mol. The Hall–Kier alpha value is -0.930. The highest BCUT2D eigenvalue weighted by atomic mass is 16.5. The summed E-state index contributed by atoms with van der Waals surface area (Å²) in [6.07, 6.45) is 5.40. The lowest BCUT2D eigenvalue weighted by Gasteiger charge is -2.24. The lowest BCUT2D eigenvalue weighted by atomic mass is 9.83. The van der Waals surface area contributed by atoms with E-state index in [1.807, 2.05) is 18.2 Å². The minimum atomic E-state index is 0.496. The first-order chi connectivity index (χ1) is 7.88. The van der Waals surface area contributed by atoms with Crippen molar-refractivity contribution < 1.29 is 4.74 Å². The maximum atomic E-state index is 5.62. The highest BCUT2D eigenvalue weighted by molar-refractivity contribution is 5.10. The molecule has 1 aliphatic rings. The third-order valence-electron chi connectivity index (χ3n) is 3.22. The summed E-state index contributed by atoms with van der Waals surface area (Å²) in [7, 11) is 0. The van der Waals surface area contributed by atoms with Crippen molar-refractivity contribution >= 4 is 0 Å². The van der Waals surface area contributed by atoms with Gasteiger partial charge in [0.1, 0.15) is 0 Å². The van der Waals surface area contributed by atoms with Crippen molar-refractivity contribution in [3.05, 3.63) is 29.6 Å². The molecule has 0 aliphatic heterocycles. The number of hydrogen-bond donors (Lipinski definition) is 1. The monoisotopic (exact) mass is 220 g/mol. The molecule has 3 heteroatoms. The minimum absolute atomic E-state index is 0.496. The van der Waals surface area contributed by atoms with E-state index in [1.54, 1.807) is 0 Å². The Kier molecular flexibility index (Phi) is 4.31. The maximum Gasteiger partial charge on any atom is 0.0887 e. The van der Waals surface area contributed by atoms with Crippen LogP contribution in [0.1, 0.15) is 37.1 Å². The Balaban J connectivity index is 1.67. The Labute approximate surface area is 97.0 Å². The Morgan fingerprint density at radius 2 is 2.12 bits per heavy atom. The van der Waals surface area contributed by atoms with Crippen LogP contribution in [-0.2, 0) is 17.9 Å². The van der Waals surface area contributed by atoms with Crippen LogP contribution in [0.15, 0.2) is 18.2 Å². The van der Waals surface area contributed by atoms with Gasteiger partial charge in [-0.15, -0.1) is 0 Å². The molecule has 2 rings (SSSR count). The smallest absolute Gasteiger partial charge is 0.0887 e. The summed E-state index contributed by atoms with van der Waals surface area (Å²) in [4.78, 5) is 4.39. The van der Waals surface area contributed by atoms with Gasteiger partial charge in [-0.1, -0.05) is 25.3 Å². The summed E-state index contributed by atoms with van der Waals surface area (Å²) in [5, 5.41) is 0. The lowest BCUT2D eigenvalue weighted by molar-refractivity contribution is 0.0928. The molecule has 0 unspecified atom stereocenters. The standard InChI is InChI=1S/C13H20N2O/c14-9-12-5-2-6-13(15-12)10-16-8-7-11-3-1-4-11/h2,5-6,11H,1,3-4,7-10,14H2. The van der Waals surface area contributed by atoms with Gasteiger partial charge in [0.25, 0.3) is 0 Å². The number of pyridine rings is 1. The molecule has 0 bridgehead atoms. The van der Waals surface area contributed by atoms with Crippen LogP contribution in [0.25, 0.3) is 0 Å². The number of rotatable bonds is 6. The fourth-order valence-corrected chi connectivity index (χ4v) is 1.93. The molecule has 0 radical (unpaired) electrons. The first-order valence-corrected chi connectivity index (χ1v) is 6.11. The second-order valence-corrected chi connectivity index (χ2v) is 4.46. The van der Waals surface area contributed by atoms with Crippen molar-refractivity contribution in [2.75, 3.05) is 6.61 Å². The van der Waals surface area contributed by atoms with Crippen LogP contribution < -0.4 is 5.73 Å². The van der Waals surface area contributed by atoms with Gasteiger partial charge in [0.05, 0.1) is 18.0 Å². The normalized spacial score (nSPS) is 16.1. The highest BCUT2D eigenvalue weighted by Gasteiger charge is 2.16. The number of ether oxygens (including phenoxy) is 1. The molecule has 88 valence electrons. The van der Waals surface area contributed by atoms with E-state index in [0.717, 1.165) is 23.9 Å². The van der Waals surface area contributed by atoms with Gasteiger partial charge < -0.3 is 10.5 Å². The van der Waals surface area contributed by atoms with Gasteiger partial charge in [-0.3, -0.25) is 4.98 Å². The van der Waals surface area contributed by atoms with Crippen LogP contribution >= 0.6 is 0 Å². The van der Waals surface area contributed by atoms with Crippen LogP contribution in [0.2, 0.25) is 0 Å². The summed E-state index contributed by atoms with van der Waals surface area (Å²) in [6.45, 7) is 1.97. The number of hydrogen-bond acceptors (Lipinski definition) is 3. The maximum absolute atomic E-state index is 5.62. The topological polar surface area (TPSA) is 48.1 Å². The van der Waals surface area contributed by atoms with Crippen LogP contribution in [-0.4, -0.2) is 11.6 Å². The van der Waals surface area contributed by atoms with Gasteiger partial charge in [-0.25, -0.2) is 0 Å². The predicted octanol–water partition coefficient (Wildman–Crippen LogP) is 2.25. The summed E-state index contributed by atoms with van der Waals surface area (Å²) >= 11 is 0. The summed E-state index contributed by atoms with van der Waals surface area (Å²) in [6, 6.07) is 5.92. The molecular formula is C13H20N2O. The zero-order valence-corrected chi connectivity index (χ0v) is 9.69. The van der Waals surface area contributed by atoms with Crippen molar-refractivity contribution in [2.45, 2.75) is 38.8 Å². The van der Waals surface area contributed by atoms with Crippen LogP contribution in [0.4, 0.5) is 0 Å². The SMILES string of the molecule is NCc1cccc(COCCC2CCC2)n1. The van der Waals surface area contributed by atoms with Gasteiger partial charge in [0.2, 0.25) is 0 Å². The average Bonchev–Trinajstić information content (AvgIpc) is 2.27. The van der Waals surface area contributed by atoms with Crippen LogP contribution in [0.3, 0.4) is 0 Å². The van der Waals surface area contributed by atoms with E-state index < -0.39 is 0 Å². The van der Waals surface area contributed by atoms with Gasteiger partial charge in [0, 0.05) is 13.2 Å². The van der Waals surface area contributed by atoms with E-state index in [9.17, 15) is 0 Å². The predicted molar refractivity (Wildman–Crippen MR) is 63.7 cm³/mol. The van der Waals surface area contributed by atoms with E-state index >= 15 is 0 Å². The quantitative estimate of drug-likeness (QED) is 0.748. The molecule has 1 heterocycles. The van der Waals surface area contributed by atoms with Gasteiger partial charge in [-0.05, 0) is 24.5 Å². The second kappa shape index (κ2) is 5.97. The minimum Gasteiger partial charge on any atom is -0.375 e. The molecule has 16 heavy (non-hydrogen) atoms. The fraction of sp³-hybridized carbons (Fsp3) is 0.615. The number of nitrogens with zero attached hydrogens (tertiary/aromatic N) is 1. The van der Waals surface area contributed by atoms with E-state index in [4.69, 9.17) is 10.5 Å². The summed E-state index contributed by atoms with van der Waals surface area (Å²) < 4.78 is 5.62. The lowest BCUT2D eigenvalue weighted by Crippen LogP contribution is -2.13. The molecule has 0 amide bonds. The Morgan fingerprint density at radius 3 is 2.81 bits per heavy atom.